The first-order valence-corrected chi connectivity index (χ1v) is 10.4. The molecule has 0 saturated heterocycles. The van der Waals surface area contributed by atoms with Crippen LogP contribution in [0.3, 0.4) is 0 Å². The number of hydrogen-bond acceptors (Lipinski definition) is 5. The molecule has 1 fully saturated rings. The van der Waals surface area contributed by atoms with Gasteiger partial charge in [-0.2, -0.15) is 0 Å². The summed E-state index contributed by atoms with van der Waals surface area (Å²) in [6.07, 6.45) is 4.42. The predicted molar refractivity (Wildman–Crippen MR) is 111 cm³/mol. The number of anilines is 1. The minimum Gasteiger partial charge on any atom is -0.496 e. The molecule has 0 radical (unpaired) electrons. The van der Waals surface area contributed by atoms with Gasteiger partial charge < -0.3 is 20.7 Å². The largest absolute Gasteiger partial charge is 0.496 e. The third kappa shape index (κ3) is 3.63. The molecule has 2 amide bonds. The molecular formula is C19H21BrClN5O2. The van der Waals surface area contributed by atoms with Gasteiger partial charge in [0.05, 0.1) is 41.1 Å². The number of hydrogen-bond donors (Lipinski definition) is 2. The number of aromatic nitrogens is 2. The van der Waals surface area contributed by atoms with Gasteiger partial charge in [-0.3, -0.25) is 0 Å². The number of methoxy groups -OCH3 is 1. The molecule has 1 aromatic carbocycles. The summed E-state index contributed by atoms with van der Waals surface area (Å²) in [4.78, 5) is 23.2. The summed E-state index contributed by atoms with van der Waals surface area (Å²) >= 11 is 9.91. The van der Waals surface area contributed by atoms with Crippen LogP contribution in [0.1, 0.15) is 36.9 Å². The highest BCUT2D eigenvalue weighted by molar-refractivity contribution is 9.10. The molecule has 0 bridgehead atoms. The molecule has 0 unspecified atom stereocenters. The molecule has 4 rings (SSSR count). The third-order valence-electron chi connectivity index (χ3n) is 5.27. The second kappa shape index (κ2) is 7.75. The summed E-state index contributed by atoms with van der Waals surface area (Å²) in [7, 11) is 1.59. The quantitative estimate of drug-likeness (QED) is 0.710. The van der Waals surface area contributed by atoms with Gasteiger partial charge in [0.1, 0.15) is 5.75 Å². The summed E-state index contributed by atoms with van der Waals surface area (Å²) in [5, 5.41) is 3.64. The fourth-order valence-corrected chi connectivity index (χ4v) is 4.73. The van der Waals surface area contributed by atoms with Gasteiger partial charge in [-0.15, -0.1) is 0 Å². The first kappa shape index (κ1) is 19.3. The molecule has 1 aliphatic carbocycles. The summed E-state index contributed by atoms with van der Waals surface area (Å²) in [6, 6.07) is 3.77. The van der Waals surface area contributed by atoms with Gasteiger partial charge in [-0.05, 0) is 40.9 Å². The molecule has 1 saturated carbocycles. The van der Waals surface area contributed by atoms with Crippen LogP contribution in [-0.4, -0.2) is 34.1 Å². The van der Waals surface area contributed by atoms with Crippen LogP contribution in [-0.2, 0) is 13.1 Å². The lowest BCUT2D eigenvalue weighted by Gasteiger charge is -2.19. The van der Waals surface area contributed by atoms with Gasteiger partial charge >= 0.3 is 6.03 Å². The molecule has 2 aliphatic rings. The van der Waals surface area contributed by atoms with E-state index in [0.29, 0.717) is 35.1 Å². The van der Waals surface area contributed by atoms with Crippen LogP contribution in [0.2, 0.25) is 5.02 Å². The fourth-order valence-electron chi connectivity index (χ4n) is 3.84. The van der Waals surface area contributed by atoms with E-state index >= 15 is 0 Å². The zero-order valence-electron chi connectivity index (χ0n) is 15.5. The maximum absolute atomic E-state index is 12.7. The van der Waals surface area contributed by atoms with Crippen LogP contribution in [0.4, 0.5) is 10.7 Å². The van der Waals surface area contributed by atoms with Crippen molar-refractivity contribution in [3.8, 4) is 17.0 Å². The fraction of sp³-hybridized carbons (Fsp3) is 0.421. The van der Waals surface area contributed by atoms with Crippen molar-refractivity contribution in [1.82, 2.24) is 20.2 Å². The van der Waals surface area contributed by atoms with Crippen molar-refractivity contribution in [3.05, 3.63) is 32.9 Å². The van der Waals surface area contributed by atoms with Crippen molar-refractivity contribution in [1.29, 1.82) is 0 Å². The number of carbonyl (C=O) groups is 1. The Hall–Kier alpha value is -2.06. The van der Waals surface area contributed by atoms with E-state index in [0.717, 1.165) is 28.6 Å². The van der Waals surface area contributed by atoms with Crippen LogP contribution in [0.5, 0.6) is 5.75 Å². The van der Waals surface area contributed by atoms with Crippen molar-refractivity contribution in [2.45, 2.75) is 44.8 Å². The van der Waals surface area contributed by atoms with Crippen LogP contribution >= 0.6 is 27.5 Å². The smallest absolute Gasteiger partial charge is 0.318 e. The lowest BCUT2D eigenvalue weighted by Crippen LogP contribution is -2.41. The number of nitrogens with one attached hydrogen (secondary N) is 1. The van der Waals surface area contributed by atoms with Crippen molar-refractivity contribution < 1.29 is 9.53 Å². The highest BCUT2D eigenvalue weighted by Crippen LogP contribution is 2.39. The number of fused-ring (bicyclic) bond motifs is 1. The molecule has 2 aromatic rings. The standard InChI is InChI=1S/C19H21BrClN5O2/c1-28-16-6-11(14(21)7-13(16)20)17-12-8-26(9-15(12)24-18(22)25-17)19(27)23-10-4-2-3-5-10/h6-7,10H,2-5,8-9H2,1H3,(H,23,27)(H2,22,24,25). The molecule has 9 heteroatoms. The number of halogens is 2. The van der Waals surface area contributed by atoms with Gasteiger partial charge in [-0.1, -0.05) is 24.4 Å². The number of rotatable bonds is 3. The van der Waals surface area contributed by atoms with E-state index in [1.807, 2.05) is 6.07 Å². The lowest BCUT2D eigenvalue weighted by molar-refractivity contribution is 0.194. The van der Waals surface area contributed by atoms with E-state index in [9.17, 15) is 4.79 Å². The van der Waals surface area contributed by atoms with Crippen LogP contribution in [0, 0.1) is 0 Å². The Bertz CT molecular complexity index is 933. The lowest BCUT2D eigenvalue weighted by atomic mass is 10.1. The number of nitrogens with two attached hydrogens (primary N) is 1. The topological polar surface area (TPSA) is 93.4 Å². The predicted octanol–water partition coefficient (Wildman–Crippen LogP) is 4.12. The molecule has 0 atom stereocenters. The van der Waals surface area contributed by atoms with Crippen molar-refractivity contribution in [2.24, 2.45) is 0 Å². The van der Waals surface area contributed by atoms with E-state index in [2.05, 4.69) is 31.2 Å². The normalized spacial score (nSPS) is 16.3. The zero-order chi connectivity index (χ0) is 19.8. The van der Waals surface area contributed by atoms with E-state index in [4.69, 9.17) is 22.1 Å². The third-order valence-corrected chi connectivity index (χ3v) is 6.20. The van der Waals surface area contributed by atoms with Crippen molar-refractivity contribution in [2.75, 3.05) is 12.8 Å². The number of benzene rings is 1. The number of nitrogens with zero attached hydrogens (tertiary/aromatic N) is 3. The van der Waals surface area contributed by atoms with Gasteiger partial charge in [0.15, 0.2) is 0 Å². The molecule has 3 N–H and O–H groups in total. The van der Waals surface area contributed by atoms with Gasteiger partial charge in [-0.25, -0.2) is 14.8 Å². The minimum atomic E-state index is -0.0751. The van der Waals surface area contributed by atoms with Gasteiger partial charge in [0.2, 0.25) is 5.95 Å². The number of ether oxygens (including phenoxy) is 1. The Morgan fingerprint density at radius 1 is 1.32 bits per heavy atom. The number of nitrogen functional groups attached to an aromatic ring is 1. The Morgan fingerprint density at radius 3 is 2.79 bits per heavy atom. The van der Waals surface area contributed by atoms with Crippen molar-refractivity contribution in [3.63, 3.8) is 0 Å². The van der Waals surface area contributed by atoms with Gasteiger partial charge in [0, 0.05) is 17.2 Å². The van der Waals surface area contributed by atoms with E-state index in [1.54, 1.807) is 18.1 Å². The molecule has 7 nitrogen and oxygen atoms in total. The number of carbonyl (C=O) groups excluding carboxylic acids is 1. The first-order valence-electron chi connectivity index (χ1n) is 9.20. The second-order valence-electron chi connectivity index (χ2n) is 7.11. The monoisotopic (exact) mass is 465 g/mol. The van der Waals surface area contributed by atoms with Crippen LogP contribution < -0.4 is 15.8 Å². The number of amides is 2. The van der Waals surface area contributed by atoms with Crippen LogP contribution in [0.25, 0.3) is 11.3 Å². The summed E-state index contributed by atoms with van der Waals surface area (Å²) in [6.45, 7) is 0.817. The Morgan fingerprint density at radius 2 is 2.07 bits per heavy atom. The van der Waals surface area contributed by atoms with E-state index < -0.39 is 0 Å². The molecule has 148 valence electrons. The summed E-state index contributed by atoms with van der Waals surface area (Å²) in [5.41, 5.74) is 8.90. The van der Waals surface area contributed by atoms with Crippen LogP contribution in [0.15, 0.2) is 16.6 Å². The number of urea groups is 1. The molecule has 1 aliphatic heterocycles. The second-order valence-corrected chi connectivity index (χ2v) is 8.37. The molecule has 1 aromatic heterocycles. The average molecular weight is 467 g/mol. The summed E-state index contributed by atoms with van der Waals surface area (Å²) in [5.74, 6) is 0.795. The SMILES string of the molecule is COc1cc(-c2nc(N)nc3c2CN(C(=O)NC2CCCC2)C3)c(Cl)cc1Br. The maximum Gasteiger partial charge on any atom is 0.318 e. The Balaban J connectivity index is 1.66. The van der Waals surface area contributed by atoms with Gasteiger partial charge in [0.25, 0.3) is 0 Å². The average Bonchev–Trinajstić information content (AvgIpc) is 3.30. The molecule has 2 heterocycles. The Kier molecular flexibility index (Phi) is 5.33. The van der Waals surface area contributed by atoms with E-state index in [-0.39, 0.29) is 18.0 Å². The highest BCUT2D eigenvalue weighted by Gasteiger charge is 2.31. The van der Waals surface area contributed by atoms with Crippen molar-refractivity contribution >= 4 is 39.5 Å². The summed E-state index contributed by atoms with van der Waals surface area (Å²) < 4.78 is 6.14. The zero-order valence-corrected chi connectivity index (χ0v) is 17.8. The Labute approximate surface area is 176 Å². The highest BCUT2D eigenvalue weighted by atomic mass is 79.9. The molecular weight excluding hydrogens is 446 g/mol. The molecule has 0 spiro atoms. The first-order chi connectivity index (χ1) is 13.5. The maximum atomic E-state index is 12.7. The van der Waals surface area contributed by atoms with E-state index in [1.165, 1.54) is 12.8 Å². The molecule has 28 heavy (non-hydrogen) atoms. The minimum absolute atomic E-state index is 0.0751.